The Morgan fingerprint density at radius 3 is 2.78 bits per heavy atom. The second kappa shape index (κ2) is 6.18. The molecule has 1 aromatic heterocycles. The first kappa shape index (κ1) is 15.2. The number of rotatable bonds is 5. The molecule has 1 heterocycles. The molecular weight excluding hydrogens is 318 g/mol. The van der Waals surface area contributed by atoms with Crippen molar-refractivity contribution in [3.05, 3.63) is 41.4 Å². The molecule has 0 bridgehead atoms. The first-order chi connectivity index (χ1) is 11.1. The van der Waals surface area contributed by atoms with Crippen LogP contribution < -0.4 is 15.2 Å². The maximum Gasteiger partial charge on any atom is 0.255 e. The molecule has 0 radical (unpaired) electrons. The Bertz CT molecular complexity index is 843. The van der Waals surface area contributed by atoms with E-state index < -0.39 is 5.91 Å². The number of aromatic nitrogens is 2. The van der Waals surface area contributed by atoms with E-state index >= 15 is 0 Å². The molecule has 3 N–H and O–H groups in total. The molecule has 0 fully saturated rings. The largest absolute Gasteiger partial charge is 0.493 e. The number of hydrogen-bond donors (Lipinski definition) is 2. The van der Waals surface area contributed by atoms with Crippen molar-refractivity contribution in [1.82, 2.24) is 9.97 Å². The number of ether oxygens (including phenoxy) is 2. The van der Waals surface area contributed by atoms with Gasteiger partial charge in [0.2, 0.25) is 0 Å². The maximum atomic E-state index is 10.9. The van der Waals surface area contributed by atoms with E-state index in [4.69, 9.17) is 26.8 Å². The summed E-state index contributed by atoms with van der Waals surface area (Å²) < 4.78 is 10.6. The highest BCUT2D eigenvalue weighted by Gasteiger charge is 2.15. The molecule has 1 amide bonds. The third-order valence-corrected chi connectivity index (χ3v) is 3.58. The van der Waals surface area contributed by atoms with Crippen molar-refractivity contribution >= 4 is 28.5 Å². The molecule has 0 saturated carbocycles. The van der Waals surface area contributed by atoms with Crippen LogP contribution in [-0.4, -0.2) is 29.6 Å². The van der Waals surface area contributed by atoms with Crippen molar-refractivity contribution in [2.24, 2.45) is 5.73 Å². The number of benzene rings is 2. The van der Waals surface area contributed by atoms with Crippen molar-refractivity contribution in [2.75, 3.05) is 13.7 Å². The first-order valence-electron chi connectivity index (χ1n) is 6.82. The number of nitrogens with two attached hydrogens (primary N) is 1. The normalized spacial score (nSPS) is 10.7. The van der Waals surface area contributed by atoms with Gasteiger partial charge in [0.15, 0.2) is 18.1 Å². The second-order valence-electron chi connectivity index (χ2n) is 4.84. The number of carbonyl (C=O) groups excluding carboxylic acids is 1. The van der Waals surface area contributed by atoms with Crippen molar-refractivity contribution in [2.45, 2.75) is 0 Å². The van der Waals surface area contributed by atoms with Crippen molar-refractivity contribution in [3.8, 4) is 22.9 Å². The summed E-state index contributed by atoms with van der Waals surface area (Å²) in [6.07, 6.45) is 0. The third-order valence-electron chi connectivity index (χ3n) is 3.27. The van der Waals surface area contributed by atoms with Crippen LogP contribution in [0.1, 0.15) is 0 Å². The van der Waals surface area contributed by atoms with E-state index in [1.165, 1.54) is 7.11 Å². The van der Waals surface area contributed by atoms with Crippen LogP contribution in [-0.2, 0) is 4.79 Å². The zero-order chi connectivity index (χ0) is 16.4. The number of para-hydroxylation sites is 2. The monoisotopic (exact) mass is 331 g/mol. The molecule has 0 aliphatic heterocycles. The van der Waals surface area contributed by atoms with E-state index in [0.717, 1.165) is 11.0 Å². The van der Waals surface area contributed by atoms with E-state index in [0.29, 0.717) is 27.9 Å². The Kier molecular flexibility index (Phi) is 4.08. The lowest BCUT2D eigenvalue weighted by Crippen LogP contribution is -2.20. The molecule has 0 aliphatic rings. The van der Waals surface area contributed by atoms with Crippen LogP contribution in [0.25, 0.3) is 22.4 Å². The molecule has 6 nitrogen and oxygen atoms in total. The van der Waals surface area contributed by atoms with Gasteiger partial charge in [-0.05, 0) is 18.2 Å². The van der Waals surface area contributed by atoms with Gasteiger partial charge in [0.25, 0.3) is 5.91 Å². The topological polar surface area (TPSA) is 90.2 Å². The van der Waals surface area contributed by atoms with E-state index in [1.54, 1.807) is 12.1 Å². The molecule has 2 aromatic carbocycles. The maximum absolute atomic E-state index is 10.9. The molecule has 0 aliphatic carbocycles. The minimum absolute atomic E-state index is 0.253. The van der Waals surface area contributed by atoms with Gasteiger partial charge in [0.1, 0.15) is 5.82 Å². The number of amides is 1. The van der Waals surface area contributed by atoms with Crippen LogP contribution in [0.2, 0.25) is 5.02 Å². The SMILES string of the molecule is COc1cc(-c2nc3ccccc3[nH]2)c(Cl)cc1OCC(N)=O. The first-order valence-corrected chi connectivity index (χ1v) is 7.20. The lowest BCUT2D eigenvalue weighted by molar-refractivity contribution is -0.119. The Hall–Kier alpha value is -2.73. The van der Waals surface area contributed by atoms with Gasteiger partial charge in [-0.15, -0.1) is 0 Å². The van der Waals surface area contributed by atoms with Crippen molar-refractivity contribution in [1.29, 1.82) is 0 Å². The molecule has 0 spiro atoms. The Morgan fingerprint density at radius 2 is 2.09 bits per heavy atom. The lowest BCUT2D eigenvalue weighted by Gasteiger charge is -2.12. The third kappa shape index (κ3) is 3.07. The van der Waals surface area contributed by atoms with E-state index in [9.17, 15) is 4.79 Å². The molecule has 118 valence electrons. The number of H-pyrrole nitrogens is 1. The predicted molar refractivity (Wildman–Crippen MR) is 87.8 cm³/mol. The Morgan fingerprint density at radius 1 is 1.30 bits per heavy atom. The quantitative estimate of drug-likeness (QED) is 0.752. The molecule has 0 unspecified atom stereocenters. The fraction of sp³-hybridized carbons (Fsp3) is 0.125. The zero-order valence-corrected chi connectivity index (χ0v) is 13.1. The van der Waals surface area contributed by atoms with E-state index in [1.807, 2.05) is 24.3 Å². The van der Waals surface area contributed by atoms with Crippen LogP contribution in [0.5, 0.6) is 11.5 Å². The highest BCUT2D eigenvalue weighted by atomic mass is 35.5. The number of nitrogens with zero attached hydrogens (tertiary/aromatic N) is 1. The molecule has 3 aromatic rings. The summed E-state index contributed by atoms with van der Waals surface area (Å²) in [5.41, 5.74) is 7.50. The summed E-state index contributed by atoms with van der Waals surface area (Å²) in [6, 6.07) is 11.0. The average molecular weight is 332 g/mol. The van der Waals surface area contributed by atoms with Gasteiger partial charge >= 0.3 is 0 Å². The smallest absolute Gasteiger partial charge is 0.255 e. The number of halogens is 1. The van der Waals surface area contributed by atoms with Crippen molar-refractivity contribution < 1.29 is 14.3 Å². The van der Waals surface area contributed by atoms with Crippen LogP contribution in [0.3, 0.4) is 0 Å². The molecule has 7 heteroatoms. The van der Waals surface area contributed by atoms with Gasteiger partial charge in [-0.2, -0.15) is 0 Å². The molecule has 23 heavy (non-hydrogen) atoms. The summed E-state index contributed by atoms with van der Waals surface area (Å²) in [7, 11) is 1.50. The highest BCUT2D eigenvalue weighted by molar-refractivity contribution is 6.33. The van der Waals surface area contributed by atoms with Gasteiger partial charge < -0.3 is 20.2 Å². The summed E-state index contributed by atoms with van der Waals surface area (Å²) in [5, 5.41) is 0.421. The van der Waals surface area contributed by atoms with Gasteiger partial charge in [0.05, 0.1) is 23.2 Å². The van der Waals surface area contributed by atoms with Gasteiger partial charge in [-0.1, -0.05) is 23.7 Å². The van der Waals surface area contributed by atoms with Crippen LogP contribution in [0, 0.1) is 0 Å². The number of primary amides is 1. The number of carbonyl (C=O) groups is 1. The van der Waals surface area contributed by atoms with E-state index in [2.05, 4.69) is 9.97 Å². The lowest BCUT2D eigenvalue weighted by atomic mass is 10.2. The highest BCUT2D eigenvalue weighted by Crippen LogP contribution is 2.38. The van der Waals surface area contributed by atoms with Crippen LogP contribution >= 0.6 is 11.6 Å². The number of nitrogens with one attached hydrogen (secondary N) is 1. The summed E-state index contributed by atoms with van der Waals surface area (Å²) >= 11 is 6.32. The van der Waals surface area contributed by atoms with Crippen LogP contribution in [0.4, 0.5) is 0 Å². The van der Waals surface area contributed by atoms with Crippen LogP contribution in [0.15, 0.2) is 36.4 Å². The zero-order valence-electron chi connectivity index (χ0n) is 12.3. The predicted octanol–water partition coefficient (Wildman–Crippen LogP) is 2.76. The standard InChI is InChI=1S/C16H14ClN3O3/c1-22-13-6-9(10(17)7-14(13)23-8-15(18)21)16-19-11-4-2-3-5-12(11)20-16/h2-7H,8H2,1H3,(H2,18,21)(H,19,20). The second-order valence-corrected chi connectivity index (χ2v) is 5.25. The number of methoxy groups -OCH3 is 1. The van der Waals surface area contributed by atoms with Gasteiger partial charge in [0, 0.05) is 11.6 Å². The Labute approximate surface area is 137 Å². The number of hydrogen-bond acceptors (Lipinski definition) is 4. The molecular formula is C16H14ClN3O3. The fourth-order valence-electron chi connectivity index (χ4n) is 2.22. The molecule has 0 saturated heterocycles. The average Bonchev–Trinajstić information content (AvgIpc) is 2.96. The minimum Gasteiger partial charge on any atom is -0.493 e. The number of aromatic amines is 1. The van der Waals surface area contributed by atoms with Gasteiger partial charge in [-0.3, -0.25) is 4.79 Å². The fourth-order valence-corrected chi connectivity index (χ4v) is 2.46. The summed E-state index contributed by atoms with van der Waals surface area (Å²) in [6.45, 7) is -0.253. The minimum atomic E-state index is -0.579. The number of imidazole rings is 1. The van der Waals surface area contributed by atoms with E-state index in [-0.39, 0.29) is 6.61 Å². The van der Waals surface area contributed by atoms with Crippen molar-refractivity contribution in [3.63, 3.8) is 0 Å². The summed E-state index contributed by atoms with van der Waals surface area (Å²) in [4.78, 5) is 18.6. The van der Waals surface area contributed by atoms with Gasteiger partial charge in [-0.25, -0.2) is 4.98 Å². The molecule has 3 rings (SSSR count). The molecule has 0 atom stereocenters. The number of fused-ring (bicyclic) bond motifs is 1. The summed E-state index contributed by atoms with van der Waals surface area (Å²) in [5.74, 6) is 0.822. The Balaban J connectivity index is 2.03.